The lowest BCUT2D eigenvalue weighted by molar-refractivity contribution is 0.0529. The van der Waals surface area contributed by atoms with Crippen molar-refractivity contribution in [1.29, 1.82) is 0 Å². The second-order valence-electron chi connectivity index (χ2n) is 5.61. The lowest BCUT2D eigenvalue weighted by atomic mass is 10.1. The van der Waals surface area contributed by atoms with Gasteiger partial charge in [0, 0.05) is 30.4 Å². The van der Waals surface area contributed by atoms with Gasteiger partial charge in [-0.1, -0.05) is 0 Å². The Labute approximate surface area is 133 Å². The maximum atomic E-state index is 12.4. The molecule has 0 unspecified atom stereocenters. The second-order valence-corrected chi connectivity index (χ2v) is 5.61. The van der Waals surface area contributed by atoms with E-state index in [1.54, 1.807) is 36.1 Å². The predicted molar refractivity (Wildman–Crippen MR) is 84.1 cm³/mol. The lowest BCUT2D eigenvalue weighted by Crippen LogP contribution is -2.06. The monoisotopic (exact) mass is 308 g/mol. The Hall–Kier alpha value is -2.76. The number of rotatable bonds is 4. The lowest BCUT2D eigenvalue weighted by Gasteiger charge is -2.04. The quantitative estimate of drug-likeness (QED) is 0.693. The van der Waals surface area contributed by atoms with Gasteiger partial charge in [-0.25, -0.2) is 14.3 Å². The zero-order valence-corrected chi connectivity index (χ0v) is 12.8. The van der Waals surface area contributed by atoms with Gasteiger partial charge in [0.05, 0.1) is 6.61 Å². The highest BCUT2D eigenvalue weighted by Crippen LogP contribution is 2.41. The Kier molecular flexibility index (Phi) is 3.29. The topological polar surface area (TPSA) is 69.4 Å². The van der Waals surface area contributed by atoms with Crippen LogP contribution in [0, 0.1) is 0 Å². The van der Waals surface area contributed by atoms with Crippen LogP contribution in [0.1, 0.15) is 41.6 Å². The van der Waals surface area contributed by atoms with E-state index in [1.807, 2.05) is 6.20 Å². The number of hydrogen-bond donors (Lipinski definition) is 0. The summed E-state index contributed by atoms with van der Waals surface area (Å²) in [7, 11) is 0. The van der Waals surface area contributed by atoms with Gasteiger partial charge >= 0.3 is 5.97 Å². The summed E-state index contributed by atoms with van der Waals surface area (Å²) in [6, 6.07) is 3.84. The standard InChI is InChI=1S/C17H16N4O2/c1-2-23-17(22)14-15(20-21-7-3-6-19-16(14)21)13-8-12(9-18-10-13)11-4-5-11/h3,6-11H,2,4-5H2,1H3. The van der Waals surface area contributed by atoms with Crippen LogP contribution in [0.15, 0.2) is 36.9 Å². The van der Waals surface area contributed by atoms with E-state index in [9.17, 15) is 4.79 Å². The Morgan fingerprint density at radius 1 is 1.39 bits per heavy atom. The largest absolute Gasteiger partial charge is 0.462 e. The molecule has 3 aromatic heterocycles. The van der Waals surface area contributed by atoms with E-state index in [-0.39, 0.29) is 0 Å². The predicted octanol–water partition coefficient (Wildman–Crippen LogP) is 2.85. The van der Waals surface area contributed by atoms with E-state index >= 15 is 0 Å². The third-order valence-corrected chi connectivity index (χ3v) is 3.96. The number of aromatic nitrogens is 4. The fourth-order valence-corrected chi connectivity index (χ4v) is 2.71. The normalized spacial score (nSPS) is 14.1. The van der Waals surface area contributed by atoms with Crippen molar-refractivity contribution in [1.82, 2.24) is 19.6 Å². The zero-order chi connectivity index (χ0) is 15.8. The Bertz CT molecular complexity index is 883. The van der Waals surface area contributed by atoms with Crippen LogP contribution < -0.4 is 0 Å². The first kappa shape index (κ1) is 13.9. The van der Waals surface area contributed by atoms with Crippen molar-refractivity contribution in [2.75, 3.05) is 6.61 Å². The van der Waals surface area contributed by atoms with Crippen molar-refractivity contribution in [2.45, 2.75) is 25.7 Å². The van der Waals surface area contributed by atoms with Gasteiger partial charge in [-0.15, -0.1) is 0 Å². The Morgan fingerprint density at radius 3 is 3.04 bits per heavy atom. The van der Waals surface area contributed by atoms with E-state index in [0.717, 1.165) is 5.56 Å². The van der Waals surface area contributed by atoms with Crippen molar-refractivity contribution in [2.24, 2.45) is 0 Å². The molecule has 0 N–H and O–H groups in total. The maximum Gasteiger partial charge on any atom is 0.344 e. The molecule has 0 bridgehead atoms. The Balaban J connectivity index is 1.90. The average Bonchev–Trinajstić information content (AvgIpc) is 3.35. The van der Waals surface area contributed by atoms with Crippen LogP contribution in [0.3, 0.4) is 0 Å². The molecule has 0 aliphatic heterocycles. The molecule has 0 atom stereocenters. The van der Waals surface area contributed by atoms with Gasteiger partial charge in [0.1, 0.15) is 11.3 Å². The van der Waals surface area contributed by atoms with Crippen molar-refractivity contribution in [3.63, 3.8) is 0 Å². The number of ether oxygens (including phenoxy) is 1. The van der Waals surface area contributed by atoms with E-state index in [4.69, 9.17) is 4.74 Å². The van der Waals surface area contributed by atoms with E-state index in [1.165, 1.54) is 18.4 Å². The Morgan fingerprint density at radius 2 is 2.26 bits per heavy atom. The number of esters is 1. The molecule has 0 aromatic carbocycles. The van der Waals surface area contributed by atoms with Crippen LogP contribution in [0.25, 0.3) is 16.9 Å². The van der Waals surface area contributed by atoms with Crippen molar-refractivity contribution in [3.8, 4) is 11.3 Å². The van der Waals surface area contributed by atoms with Gasteiger partial charge in [-0.05, 0) is 43.4 Å². The summed E-state index contributed by atoms with van der Waals surface area (Å²) < 4.78 is 6.80. The molecule has 1 fully saturated rings. The van der Waals surface area contributed by atoms with Crippen LogP contribution in [-0.2, 0) is 4.74 Å². The fourth-order valence-electron chi connectivity index (χ4n) is 2.71. The molecule has 0 amide bonds. The summed E-state index contributed by atoms with van der Waals surface area (Å²) in [4.78, 5) is 21.0. The van der Waals surface area contributed by atoms with Gasteiger partial charge in [0.25, 0.3) is 0 Å². The van der Waals surface area contributed by atoms with E-state index in [2.05, 4.69) is 21.1 Å². The highest BCUT2D eigenvalue weighted by Gasteiger charge is 2.27. The summed E-state index contributed by atoms with van der Waals surface area (Å²) in [5, 5.41) is 4.52. The molecule has 1 aliphatic carbocycles. The van der Waals surface area contributed by atoms with Crippen LogP contribution in [0.2, 0.25) is 0 Å². The third kappa shape index (κ3) is 2.46. The molecule has 4 rings (SSSR count). The molecule has 116 valence electrons. The molecule has 0 spiro atoms. The molecule has 0 saturated heterocycles. The van der Waals surface area contributed by atoms with E-state index in [0.29, 0.717) is 29.4 Å². The van der Waals surface area contributed by atoms with Crippen LogP contribution in [-0.4, -0.2) is 32.2 Å². The summed E-state index contributed by atoms with van der Waals surface area (Å²) in [6.45, 7) is 2.09. The SMILES string of the molecule is CCOC(=O)c1c(-c2cncc(C3CC3)c2)nn2cccnc12. The first-order valence-corrected chi connectivity index (χ1v) is 7.73. The molecular formula is C17H16N4O2. The van der Waals surface area contributed by atoms with Crippen LogP contribution in [0.5, 0.6) is 0 Å². The number of nitrogens with zero attached hydrogens (tertiary/aromatic N) is 4. The average molecular weight is 308 g/mol. The molecule has 6 nitrogen and oxygen atoms in total. The molecule has 23 heavy (non-hydrogen) atoms. The minimum atomic E-state index is -0.409. The van der Waals surface area contributed by atoms with Crippen LogP contribution >= 0.6 is 0 Å². The second kappa shape index (κ2) is 5.46. The fraction of sp³-hybridized carbons (Fsp3) is 0.294. The number of hydrogen-bond acceptors (Lipinski definition) is 5. The minimum Gasteiger partial charge on any atom is -0.462 e. The summed E-state index contributed by atoms with van der Waals surface area (Å²) >= 11 is 0. The first-order chi connectivity index (χ1) is 11.3. The first-order valence-electron chi connectivity index (χ1n) is 7.73. The third-order valence-electron chi connectivity index (χ3n) is 3.96. The van der Waals surface area contributed by atoms with Crippen molar-refractivity contribution < 1.29 is 9.53 Å². The van der Waals surface area contributed by atoms with Crippen molar-refractivity contribution >= 4 is 11.6 Å². The summed E-state index contributed by atoms with van der Waals surface area (Å²) in [6.07, 6.45) is 9.43. The van der Waals surface area contributed by atoms with Gasteiger partial charge in [0.2, 0.25) is 0 Å². The highest BCUT2D eigenvalue weighted by atomic mass is 16.5. The molecular weight excluding hydrogens is 292 g/mol. The highest BCUT2D eigenvalue weighted by molar-refractivity contribution is 6.02. The number of pyridine rings is 1. The summed E-state index contributed by atoms with van der Waals surface area (Å²) in [5.74, 6) is 0.177. The van der Waals surface area contributed by atoms with E-state index < -0.39 is 5.97 Å². The number of carbonyl (C=O) groups excluding carboxylic acids is 1. The van der Waals surface area contributed by atoms with Gasteiger partial charge in [0.15, 0.2) is 5.65 Å². The van der Waals surface area contributed by atoms with Crippen LogP contribution in [0.4, 0.5) is 0 Å². The molecule has 6 heteroatoms. The molecule has 0 radical (unpaired) electrons. The molecule has 1 saturated carbocycles. The van der Waals surface area contributed by atoms with Crippen molar-refractivity contribution in [3.05, 3.63) is 48.0 Å². The maximum absolute atomic E-state index is 12.4. The molecule has 1 aliphatic rings. The number of fused-ring (bicyclic) bond motifs is 1. The van der Waals surface area contributed by atoms with Gasteiger partial charge in [-0.3, -0.25) is 4.98 Å². The smallest absolute Gasteiger partial charge is 0.344 e. The molecule has 3 aromatic rings. The molecule has 3 heterocycles. The van der Waals surface area contributed by atoms with Gasteiger partial charge in [-0.2, -0.15) is 5.10 Å². The van der Waals surface area contributed by atoms with Gasteiger partial charge < -0.3 is 4.74 Å². The number of carbonyl (C=O) groups is 1. The summed E-state index contributed by atoms with van der Waals surface area (Å²) in [5.41, 5.74) is 3.47. The zero-order valence-electron chi connectivity index (χ0n) is 12.8. The minimum absolute atomic E-state index is 0.308.